The monoisotopic (exact) mass is 1210 g/mol. The zero-order valence-electron chi connectivity index (χ0n) is 45.2. The Morgan fingerprint density at radius 1 is 0.120 bits per heavy atom. The molecular weight excluding hydrogens is 1120 g/mol. The molecule has 0 atom stereocenters. The second kappa shape index (κ2) is 19.6. The highest BCUT2D eigenvalue weighted by Crippen LogP contribution is 2.68. The molecule has 10 saturated carbocycles. The van der Waals surface area contributed by atoms with E-state index in [-0.39, 0.29) is 55.4 Å². The molecule has 15 fully saturated rings. The van der Waals surface area contributed by atoms with Gasteiger partial charge in [0.1, 0.15) is 0 Å². The first-order valence-electron chi connectivity index (χ1n) is 32.2. The van der Waals surface area contributed by atoms with Crippen LogP contribution in [0.3, 0.4) is 0 Å². The molecule has 420 valence electrons. The largest absolute Gasteiger partial charge is 0.482 e. The molecule has 0 aromatic rings. The second-order valence-electron chi connectivity index (χ2n) is 27.4. The fraction of sp³-hybridized carbons (Fsp3) is 1.00. The van der Waals surface area contributed by atoms with Crippen molar-refractivity contribution in [3.05, 3.63) is 0 Å². The SMILES string of the molecule is C1CCC([Si]23O[Si]4(C5CCCC5)O[Si]5(C6CCCC6)O[Si](C6CCCC6)(O2)O[Si]2(C6CCCC6)O[Si](C6CCCC6)(O5)O[Si]5(C6CCCC6)O[Si](C6CCCC6)(O[Si](C6CCCC6)(O[Si](C6CCCC6)(O4)O5)O3)O2)C1. The Morgan fingerprint density at radius 2 is 0.187 bits per heavy atom. The van der Waals surface area contributed by atoms with Gasteiger partial charge in [0.25, 0.3) is 0 Å². The standard InChI is InChI=1S/C50H90O15Si10/c1-2-22-41(21-1)66-51-67(42-23-3-4-24-42)58-70(45-29-9-10-30-45)52-68(56-66,43-25-5-6-26-43)60-72(47-33-13-14-34-47)54-74(62-70,49-37-17-18-38-49)65-75(50-39-19-20-40-50)55-73(64-72,48-35-15-16-36-48)61-69(57-66,44-27-7-8-28-44)53-71(59-67,63-75)46-31-11-12-32-46/h41-50H,1-40H2. The first-order chi connectivity index (χ1) is 36.7. The number of hydrogen-bond donors (Lipinski definition) is 0. The maximum Gasteiger partial charge on any atom is 0.482 e. The molecule has 0 radical (unpaired) electrons. The zero-order chi connectivity index (χ0) is 49.7. The van der Waals surface area contributed by atoms with Crippen LogP contribution >= 0.6 is 0 Å². The van der Waals surface area contributed by atoms with Crippen LogP contribution in [0.1, 0.15) is 257 Å². The Morgan fingerprint density at radius 3 is 0.253 bits per heavy atom. The molecule has 5 aliphatic heterocycles. The van der Waals surface area contributed by atoms with E-state index in [0.717, 1.165) is 257 Å². The Bertz CT molecular complexity index is 1600. The van der Waals surface area contributed by atoms with Crippen LogP contribution in [0.4, 0.5) is 0 Å². The summed E-state index contributed by atoms with van der Waals surface area (Å²) in [5.41, 5.74) is -0.0429. The van der Waals surface area contributed by atoms with Gasteiger partial charge in [-0.1, -0.05) is 128 Å². The highest BCUT2D eigenvalue weighted by molar-refractivity contribution is 7.05. The fourth-order valence-electron chi connectivity index (χ4n) is 18.9. The molecule has 5 saturated heterocycles. The Kier molecular flexibility index (Phi) is 13.6. The summed E-state index contributed by atoms with van der Waals surface area (Å²) < 4.78 is 133. The van der Waals surface area contributed by atoms with E-state index >= 15 is 0 Å². The van der Waals surface area contributed by atoms with Crippen molar-refractivity contribution >= 4 is 88.0 Å². The average Bonchev–Trinajstić information content (AvgIpc) is 4.24. The topological polar surface area (TPSA) is 138 Å². The molecule has 0 aromatic heterocycles. The van der Waals surface area contributed by atoms with Crippen LogP contribution in [0.15, 0.2) is 0 Å². The van der Waals surface area contributed by atoms with Gasteiger partial charge in [0.05, 0.1) is 0 Å². The van der Waals surface area contributed by atoms with E-state index in [1.807, 2.05) is 0 Å². The molecule has 25 heteroatoms. The van der Waals surface area contributed by atoms with Crippen LogP contribution in [0.25, 0.3) is 0 Å². The summed E-state index contributed by atoms with van der Waals surface area (Å²) in [4.78, 5) is 0. The Hall–Kier alpha value is 1.57. The summed E-state index contributed by atoms with van der Waals surface area (Å²) in [6.07, 6.45) is 41.1. The third-order valence-corrected chi connectivity index (χ3v) is 72.7. The lowest BCUT2D eigenvalue weighted by atomic mass is 10.4. The van der Waals surface area contributed by atoms with Gasteiger partial charge in [-0.2, -0.15) is 0 Å². The van der Waals surface area contributed by atoms with Crippen LogP contribution in [-0.2, 0) is 61.7 Å². The quantitative estimate of drug-likeness (QED) is 0.192. The molecule has 15 aliphatic rings. The molecule has 0 amide bonds. The van der Waals surface area contributed by atoms with Crippen molar-refractivity contribution in [2.24, 2.45) is 0 Å². The minimum absolute atomic E-state index is 0.00429. The van der Waals surface area contributed by atoms with Crippen molar-refractivity contribution in [2.75, 3.05) is 0 Å². The number of rotatable bonds is 10. The lowest BCUT2D eigenvalue weighted by molar-refractivity contribution is -0.0467. The van der Waals surface area contributed by atoms with Crippen LogP contribution in [0.2, 0.25) is 55.4 Å². The van der Waals surface area contributed by atoms with Gasteiger partial charge in [-0.25, -0.2) is 0 Å². The summed E-state index contributed by atoms with van der Waals surface area (Å²) in [6.45, 7) is 0. The second-order valence-corrected chi connectivity index (χ2v) is 59.9. The number of hydrogen-bond acceptors (Lipinski definition) is 15. The van der Waals surface area contributed by atoms with Crippen molar-refractivity contribution in [3.8, 4) is 0 Å². The van der Waals surface area contributed by atoms with Crippen LogP contribution in [0.5, 0.6) is 0 Å². The lowest BCUT2D eigenvalue weighted by Crippen LogP contribution is -2.91. The van der Waals surface area contributed by atoms with E-state index < -0.39 is 88.0 Å². The molecule has 5 heterocycles. The Labute approximate surface area is 459 Å². The van der Waals surface area contributed by atoms with Gasteiger partial charge >= 0.3 is 88.0 Å². The van der Waals surface area contributed by atoms with Gasteiger partial charge in [0.2, 0.25) is 0 Å². The normalized spacial score (nSPS) is 50.4. The van der Waals surface area contributed by atoms with Crippen molar-refractivity contribution in [1.29, 1.82) is 0 Å². The summed E-state index contributed by atoms with van der Waals surface area (Å²) in [6, 6.07) is 0. The average molecular weight is 1210 g/mol. The van der Waals surface area contributed by atoms with Gasteiger partial charge in [-0.05, 0) is 128 Å². The van der Waals surface area contributed by atoms with Crippen LogP contribution in [0, 0.1) is 0 Å². The summed E-state index contributed by atoms with van der Waals surface area (Å²) >= 11 is 0. The van der Waals surface area contributed by atoms with Gasteiger partial charge in [0.15, 0.2) is 0 Å². The summed E-state index contributed by atoms with van der Waals surface area (Å²) in [5.74, 6) is 0. The van der Waals surface area contributed by atoms with Crippen LogP contribution < -0.4 is 0 Å². The molecule has 0 spiro atoms. The van der Waals surface area contributed by atoms with E-state index in [4.69, 9.17) is 61.7 Å². The minimum Gasteiger partial charge on any atom is -0.373 e. The third kappa shape index (κ3) is 8.33. The van der Waals surface area contributed by atoms with Gasteiger partial charge < -0.3 is 61.7 Å². The molecule has 10 aliphatic carbocycles. The molecule has 0 aromatic carbocycles. The first kappa shape index (κ1) is 52.1. The highest BCUT2D eigenvalue weighted by atomic mass is 28.6. The molecular formula is C50H90O15Si10. The van der Waals surface area contributed by atoms with E-state index in [1.165, 1.54) is 0 Å². The van der Waals surface area contributed by atoms with E-state index in [1.54, 1.807) is 0 Å². The summed E-state index contributed by atoms with van der Waals surface area (Å²) in [5, 5.41) is 0. The smallest absolute Gasteiger partial charge is 0.373 e. The van der Waals surface area contributed by atoms with Gasteiger partial charge in [0, 0.05) is 55.4 Å². The lowest BCUT2D eigenvalue weighted by Gasteiger charge is -2.67. The van der Waals surface area contributed by atoms with E-state index in [2.05, 4.69) is 0 Å². The molecule has 15 nitrogen and oxygen atoms in total. The third-order valence-electron chi connectivity index (χ3n) is 22.8. The predicted octanol–water partition coefficient (Wildman–Crippen LogP) is 14.1. The highest BCUT2D eigenvalue weighted by Gasteiger charge is 2.90. The van der Waals surface area contributed by atoms with Crippen molar-refractivity contribution < 1.29 is 61.7 Å². The fourth-order valence-corrected chi connectivity index (χ4v) is 90.1. The number of fused-ring (bicyclic) bond motifs is 10. The first-order valence-corrected chi connectivity index (χ1v) is 50.2. The Balaban J connectivity index is 1.08. The predicted molar refractivity (Wildman–Crippen MR) is 296 cm³/mol. The zero-order valence-corrected chi connectivity index (χ0v) is 55.2. The van der Waals surface area contributed by atoms with E-state index in [0.29, 0.717) is 0 Å². The maximum atomic E-state index is 8.96. The molecule has 0 N–H and O–H groups in total. The molecule has 75 heavy (non-hydrogen) atoms. The van der Waals surface area contributed by atoms with Crippen molar-refractivity contribution in [2.45, 2.75) is 312 Å². The molecule has 15 rings (SSSR count). The van der Waals surface area contributed by atoms with Crippen LogP contribution in [-0.4, -0.2) is 88.0 Å². The maximum absolute atomic E-state index is 8.96. The van der Waals surface area contributed by atoms with Gasteiger partial charge in [-0.15, -0.1) is 0 Å². The van der Waals surface area contributed by atoms with Crippen molar-refractivity contribution in [3.63, 3.8) is 0 Å². The molecule has 10 bridgehead atoms. The van der Waals surface area contributed by atoms with Crippen molar-refractivity contribution in [1.82, 2.24) is 0 Å². The summed E-state index contributed by atoms with van der Waals surface area (Å²) in [7, 11) is -41.8. The van der Waals surface area contributed by atoms with Gasteiger partial charge in [-0.3, -0.25) is 0 Å². The molecule has 0 unspecified atom stereocenters. The minimum atomic E-state index is -4.18. The van der Waals surface area contributed by atoms with E-state index in [9.17, 15) is 0 Å².